The maximum Gasteiger partial charge on any atom is 0.419 e. The molecular formula is C12H15F3N2O2. The molecule has 0 bridgehead atoms. The van der Waals surface area contributed by atoms with Crippen LogP contribution in [0.2, 0.25) is 0 Å². The van der Waals surface area contributed by atoms with Crippen LogP contribution < -0.4 is 4.90 Å². The number of aliphatic carboxylic acids is 1. The van der Waals surface area contributed by atoms with E-state index >= 15 is 0 Å². The van der Waals surface area contributed by atoms with Crippen molar-refractivity contribution >= 4 is 11.8 Å². The van der Waals surface area contributed by atoms with Gasteiger partial charge in [0.15, 0.2) is 0 Å². The van der Waals surface area contributed by atoms with Gasteiger partial charge in [0.1, 0.15) is 12.4 Å². The van der Waals surface area contributed by atoms with Gasteiger partial charge >= 0.3 is 12.1 Å². The first-order valence-corrected chi connectivity index (χ1v) is 5.70. The van der Waals surface area contributed by atoms with E-state index in [1.165, 1.54) is 12.3 Å². The van der Waals surface area contributed by atoms with Crippen LogP contribution in [0.3, 0.4) is 0 Å². The summed E-state index contributed by atoms with van der Waals surface area (Å²) in [7, 11) is 0. The van der Waals surface area contributed by atoms with Gasteiger partial charge in [-0.25, -0.2) is 4.98 Å². The van der Waals surface area contributed by atoms with Crippen LogP contribution in [0.25, 0.3) is 0 Å². The van der Waals surface area contributed by atoms with Crippen molar-refractivity contribution < 1.29 is 23.1 Å². The Balaban J connectivity index is 3.18. The van der Waals surface area contributed by atoms with E-state index in [0.717, 1.165) is 11.0 Å². The minimum Gasteiger partial charge on any atom is -0.480 e. The number of rotatable bonds is 5. The first-order chi connectivity index (χ1) is 8.71. The number of aromatic nitrogens is 1. The van der Waals surface area contributed by atoms with Crippen molar-refractivity contribution in [1.82, 2.24) is 4.98 Å². The molecule has 1 aromatic rings. The zero-order valence-electron chi connectivity index (χ0n) is 10.6. The number of pyridine rings is 1. The number of hydrogen-bond acceptors (Lipinski definition) is 3. The van der Waals surface area contributed by atoms with E-state index in [-0.39, 0.29) is 18.3 Å². The zero-order chi connectivity index (χ0) is 14.6. The first-order valence-electron chi connectivity index (χ1n) is 5.70. The second kappa shape index (κ2) is 5.90. The van der Waals surface area contributed by atoms with Crippen molar-refractivity contribution in [2.45, 2.75) is 20.0 Å². The third-order valence-corrected chi connectivity index (χ3v) is 2.30. The van der Waals surface area contributed by atoms with Gasteiger partial charge in [-0.3, -0.25) is 4.79 Å². The van der Waals surface area contributed by atoms with E-state index in [2.05, 4.69) is 4.98 Å². The Labute approximate surface area is 108 Å². The van der Waals surface area contributed by atoms with E-state index in [1.54, 1.807) is 13.8 Å². The Morgan fingerprint density at radius 2 is 2.11 bits per heavy atom. The highest BCUT2D eigenvalue weighted by Crippen LogP contribution is 2.35. The standard InChI is InChI=1S/C12H15F3N2O2/c1-8(2)6-17(7-10(18)19)11-9(12(13,14)15)4-3-5-16-11/h3-5,8H,6-7H2,1-2H3,(H,18,19). The van der Waals surface area contributed by atoms with E-state index in [9.17, 15) is 18.0 Å². The monoisotopic (exact) mass is 276 g/mol. The predicted octanol–water partition coefficient (Wildman–Crippen LogP) is 2.65. The van der Waals surface area contributed by atoms with Crippen LogP contribution in [-0.4, -0.2) is 29.1 Å². The minimum atomic E-state index is -4.56. The van der Waals surface area contributed by atoms with Crippen LogP contribution in [0, 0.1) is 5.92 Å². The fraction of sp³-hybridized carbons (Fsp3) is 0.500. The molecule has 4 nitrogen and oxygen atoms in total. The third-order valence-electron chi connectivity index (χ3n) is 2.30. The highest BCUT2D eigenvalue weighted by Gasteiger charge is 2.36. The average Bonchev–Trinajstić information content (AvgIpc) is 2.25. The molecule has 1 aromatic heterocycles. The molecule has 1 N–H and O–H groups in total. The Bertz CT molecular complexity index is 447. The summed E-state index contributed by atoms with van der Waals surface area (Å²) in [5.41, 5.74) is -0.920. The maximum atomic E-state index is 12.9. The van der Waals surface area contributed by atoms with Gasteiger partial charge in [0.2, 0.25) is 0 Å². The molecule has 1 rings (SSSR count). The molecule has 0 aliphatic rings. The van der Waals surface area contributed by atoms with Crippen molar-refractivity contribution in [3.63, 3.8) is 0 Å². The molecule has 7 heteroatoms. The van der Waals surface area contributed by atoms with Gasteiger partial charge in [-0.05, 0) is 18.1 Å². The SMILES string of the molecule is CC(C)CN(CC(=O)O)c1ncccc1C(F)(F)F. The number of carboxylic acids is 1. The van der Waals surface area contributed by atoms with Crippen LogP contribution in [0.4, 0.5) is 19.0 Å². The van der Waals surface area contributed by atoms with E-state index in [0.29, 0.717) is 0 Å². The highest BCUT2D eigenvalue weighted by molar-refractivity contribution is 5.73. The van der Waals surface area contributed by atoms with Gasteiger partial charge in [0, 0.05) is 12.7 Å². The Morgan fingerprint density at radius 3 is 2.58 bits per heavy atom. The number of anilines is 1. The summed E-state index contributed by atoms with van der Waals surface area (Å²) in [6.45, 7) is 3.26. The summed E-state index contributed by atoms with van der Waals surface area (Å²) < 4.78 is 38.6. The molecule has 0 aliphatic heterocycles. The number of nitrogens with zero attached hydrogens (tertiary/aromatic N) is 2. The number of carboxylic acid groups (broad SMARTS) is 1. The average molecular weight is 276 g/mol. The van der Waals surface area contributed by atoms with E-state index < -0.39 is 24.3 Å². The molecule has 0 fully saturated rings. The van der Waals surface area contributed by atoms with Crippen molar-refractivity contribution in [2.24, 2.45) is 5.92 Å². The van der Waals surface area contributed by atoms with Crippen LogP contribution >= 0.6 is 0 Å². The predicted molar refractivity (Wildman–Crippen MR) is 63.9 cm³/mol. The minimum absolute atomic E-state index is 0.0161. The highest BCUT2D eigenvalue weighted by atomic mass is 19.4. The lowest BCUT2D eigenvalue weighted by Gasteiger charge is -2.26. The molecule has 0 saturated heterocycles. The summed E-state index contributed by atoms with van der Waals surface area (Å²) in [6, 6.07) is 2.08. The second-order valence-electron chi connectivity index (χ2n) is 4.54. The molecular weight excluding hydrogens is 261 g/mol. The van der Waals surface area contributed by atoms with E-state index in [4.69, 9.17) is 5.11 Å². The lowest BCUT2D eigenvalue weighted by atomic mass is 10.1. The van der Waals surface area contributed by atoms with Gasteiger partial charge in [-0.2, -0.15) is 13.2 Å². The molecule has 0 spiro atoms. The molecule has 19 heavy (non-hydrogen) atoms. The van der Waals surface area contributed by atoms with Crippen LogP contribution in [-0.2, 0) is 11.0 Å². The molecule has 0 radical (unpaired) electrons. The fourth-order valence-electron chi connectivity index (χ4n) is 1.70. The molecule has 0 saturated carbocycles. The van der Waals surface area contributed by atoms with Gasteiger partial charge < -0.3 is 10.0 Å². The van der Waals surface area contributed by atoms with Crippen molar-refractivity contribution in [2.75, 3.05) is 18.0 Å². The number of alkyl halides is 3. The quantitative estimate of drug-likeness (QED) is 0.898. The molecule has 0 aromatic carbocycles. The Hall–Kier alpha value is -1.79. The topological polar surface area (TPSA) is 53.4 Å². The molecule has 0 unspecified atom stereocenters. The lowest BCUT2D eigenvalue weighted by Crippen LogP contribution is -2.35. The van der Waals surface area contributed by atoms with Crippen molar-refractivity contribution in [3.8, 4) is 0 Å². The van der Waals surface area contributed by atoms with Crippen LogP contribution in [0.5, 0.6) is 0 Å². The Morgan fingerprint density at radius 1 is 1.47 bits per heavy atom. The molecule has 106 valence electrons. The second-order valence-corrected chi connectivity index (χ2v) is 4.54. The summed E-state index contributed by atoms with van der Waals surface area (Å²) in [6.07, 6.45) is -3.34. The third kappa shape index (κ3) is 4.42. The number of halogens is 3. The molecule has 1 heterocycles. The van der Waals surface area contributed by atoms with Gasteiger partial charge in [-0.1, -0.05) is 13.8 Å². The van der Waals surface area contributed by atoms with Crippen molar-refractivity contribution in [1.29, 1.82) is 0 Å². The van der Waals surface area contributed by atoms with Gasteiger partial charge in [-0.15, -0.1) is 0 Å². The molecule has 0 aliphatic carbocycles. The zero-order valence-corrected chi connectivity index (χ0v) is 10.6. The summed E-state index contributed by atoms with van der Waals surface area (Å²) in [5, 5.41) is 8.80. The van der Waals surface area contributed by atoms with E-state index in [1.807, 2.05) is 0 Å². The normalized spacial score (nSPS) is 11.7. The van der Waals surface area contributed by atoms with Crippen molar-refractivity contribution in [3.05, 3.63) is 23.9 Å². The molecule has 0 amide bonds. The smallest absolute Gasteiger partial charge is 0.419 e. The lowest BCUT2D eigenvalue weighted by molar-refractivity contribution is -0.138. The maximum absolute atomic E-state index is 12.9. The fourth-order valence-corrected chi connectivity index (χ4v) is 1.70. The number of carbonyl (C=O) groups is 1. The van der Waals surface area contributed by atoms with Crippen LogP contribution in [0.15, 0.2) is 18.3 Å². The summed E-state index contributed by atoms with van der Waals surface area (Å²) in [5.74, 6) is -1.52. The van der Waals surface area contributed by atoms with Gasteiger partial charge in [0.05, 0.1) is 5.56 Å². The largest absolute Gasteiger partial charge is 0.480 e. The van der Waals surface area contributed by atoms with Gasteiger partial charge in [0.25, 0.3) is 0 Å². The molecule has 0 atom stereocenters. The Kier molecular flexibility index (Phi) is 4.74. The summed E-state index contributed by atoms with van der Waals surface area (Å²) >= 11 is 0. The summed E-state index contributed by atoms with van der Waals surface area (Å²) in [4.78, 5) is 15.6. The number of hydrogen-bond donors (Lipinski definition) is 1. The van der Waals surface area contributed by atoms with Crippen LogP contribution in [0.1, 0.15) is 19.4 Å². The first kappa shape index (κ1) is 15.3.